The zero-order chi connectivity index (χ0) is 23.7. The summed E-state index contributed by atoms with van der Waals surface area (Å²) in [6.07, 6.45) is 6.23. The summed E-state index contributed by atoms with van der Waals surface area (Å²) in [5.74, 6) is 0.579. The van der Waals surface area contributed by atoms with Gasteiger partial charge >= 0.3 is 0 Å². The van der Waals surface area contributed by atoms with Crippen LogP contribution in [0.1, 0.15) is 55.1 Å². The van der Waals surface area contributed by atoms with Crippen molar-refractivity contribution < 1.29 is 14.3 Å². The van der Waals surface area contributed by atoms with Crippen LogP contribution >= 0.6 is 0 Å². The summed E-state index contributed by atoms with van der Waals surface area (Å²) in [4.78, 5) is 29.5. The Balaban J connectivity index is 1.51. The van der Waals surface area contributed by atoms with Gasteiger partial charge in [0.05, 0.1) is 19.2 Å². The normalized spacial score (nSPS) is 20.9. The molecule has 1 aliphatic heterocycles. The molecule has 0 saturated heterocycles. The van der Waals surface area contributed by atoms with Gasteiger partial charge in [0.1, 0.15) is 17.0 Å². The Morgan fingerprint density at radius 2 is 1.85 bits per heavy atom. The lowest BCUT2D eigenvalue weighted by molar-refractivity contribution is -0.133. The standard InChI is InChI=1S/C28H33N3O3/c1-28(27(33)29-22-11-7-4-8-12-22)19-30-24-18-23(34-2)14-13-21(24)17-25(30)26(32)31(28)16-15-20-9-5-3-6-10-20/h3,5-6,9-10,13-14,17-18,22H,4,7-8,11-12,15-16,19H2,1-2H3,(H,29,33)/t28-/m0/s1. The summed E-state index contributed by atoms with van der Waals surface area (Å²) in [5, 5.41) is 4.28. The third kappa shape index (κ3) is 4.06. The topological polar surface area (TPSA) is 63.6 Å². The predicted octanol–water partition coefficient (Wildman–Crippen LogP) is 4.56. The molecule has 2 heterocycles. The maximum absolute atomic E-state index is 13.9. The van der Waals surface area contributed by atoms with E-state index in [1.807, 2.05) is 54.0 Å². The number of amides is 2. The van der Waals surface area contributed by atoms with Gasteiger partial charge in [0.15, 0.2) is 0 Å². The zero-order valence-corrected chi connectivity index (χ0v) is 20.0. The second kappa shape index (κ2) is 9.16. The number of benzene rings is 2. The highest BCUT2D eigenvalue weighted by molar-refractivity contribution is 6.03. The molecule has 2 aliphatic rings. The first-order valence-corrected chi connectivity index (χ1v) is 12.3. The number of nitrogens with one attached hydrogen (secondary N) is 1. The van der Waals surface area contributed by atoms with E-state index >= 15 is 0 Å². The van der Waals surface area contributed by atoms with E-state index in [-0.39, 0.29) is 17.9 Å². The average Bonchev–Trinajstić information content (AvgIpc) is 3.22. The Labute approximate surface area is 200 Å². The van der Waals surface area contributed by atoms with Crippen LogP contribution in [0.4, 0.5) is 0 Å². The van der Waals surface area contributed by atoms with Crippen LogP contribution in [0, 0.1) is 0 Å². The first-order valence-electron chi connectivity index (χ1n) is 12.3. The van der Waals surface area contributed by atoms with Crippen molar-refractivity contribution in [1.82, 2.24) is 14.8 Å². The molecule has 1 N–H and O–H groups in total. The maximum atomic E-state index is 13.9. The van der Waals surface area contributed by atoms with Gasteiger partial charge in [-0.3, -0.25) is 9.59 Å². The van der Waals surface area contributed by atoms with E-state index in [0.717, 1.165) is 47.9 Å². The Hall–Kier alpha value is -3.28. The molecule has 6 nitrogen and oxygen atoms in total. The highest BCUT2D eigenvalue weighted by atomic mass is 16.5. The summed E-state index contributed by atoms with van der Waals surface area (Å²) >= 11 is 0. The van der Waals surface area contributed by atoms with E-state index in [2.05, 4.69) is 17.4 Å². The Bertz CT molecular complexity index is 1200. The van der Waals surface area contributed by atoms with Crippen molar-refractivity contribution in [3.8, 4) is 5.75 Å². The van der Waals surface area contributed by atoms with Gasteiger partial charge in [-0.2, -0.15) is 0 Å². The Morgan fingerprint density at radius 3 is 2.59 bits per heavy atom. The molecule has 0 unspecified atom stereocenters. The van der Waals surface area contributed by atoms with Crippen LogP contribution in [0.2, 0.25) is 0 Å². The minimum atomic E-state index is -0.981. The van der Waals surface area contributed by atoms with E-state index in [0.29, 0.717) is 25.2 Å². The summed E-state index contributed by atoms with van der Waals surface area (Å²) in [5.41, 5.74) is 1.72. The molecule has 2 aromatic carbocycles. The van der Waals surface area contributed by atoms with Crippen LogP contribution in [0.3, 0.4) is 0 Å². The number of carbonyl (C=O) groups excluding carboxylic acids is 2. The molecule has 1 fully saturated rings. The van der Waals surface area contributed by atoms with E-state index in [1.54, 1.807) is 12.0 Å². The fraction of sp³-hybridized carbons (Fsp3) is 0.429. The molecule has 0 bridgehead atoms. The predicted molar refractivity (Wildman–Crippen MR) is 133 cm³/mol. The van der Waals surface area contributed by atoms with Gasteiger partial charge in [-0.1, -0.05) is 49.6 Å². The molecule has 34 heavy (non-hydrogen) atoms. The van der Waals surface area contributed by atoms with Gasteiger partial charge < -0.3 is 19.5 Å². The fourth-order valence-electron chi connectivity index (χ4n) is 5.48. The van der Waals surface area contributed by atoms with Gasteiger partial charge in [0, 0.05) is 24.0 Å². The number of nitrogens with zero attached hydrogens (tertiary/aromatic N) is 2. The summed E-state index contributed by atoms with van der Waals surface area (Å²) in [6.45, 7) is 2.82. The van der Waals surface area contributed by atoms with Crippen molar-refractivity contribution in [2.24, 2.45) is 0 Å². The molecule has 1 aliphatic carbocycles. The number of aromatic nitrogens is 1. The van der Waals surface area contributed by atoms with Crippen molar-refractivity contribution >= 4 is 22.7 Å². The van der Waals surface area contributed by atoms with Crippen LogP contribution in [-0.2, 0) is 17.8 Å². The molecule has 0 spiro atoms. The molecule has 0 radical (unpaired) electrons. The largest absolute Gasteiger partial charge is 0.497 e. The fourth-order valence-corrected chi connectivity index (χ4v) is 5.48. The molecule has 3 aromatic rings. The third-order valence-electron chi connectivity index (χ3n) is 7.53. The smallest absolute Gasteiger partial charge is 0.271 e. The van der Waals surface area contributed by atoms with Crippen LogP contribution < -0.4 is 10.1 Å². The quantitative estimate of drug-likeness (QED) is 0.588. The van der Waals surface area contributed by atoms with Crippen molar-refractivity contribution in [1.29, 1.82) is 0 Å². The lowest BCUT2D eigenvalue weighted by Gasteiger charge is -2.45. The molecular formula is C28H33N3O3. The van der Waals surface area contributed by atoms with E-state index in [1.165, 1.54) is 6.42 Å². The van der Waals surface area contributed by atoms with Gasteiger partial charge in [-0.25, -0.2) is 0 Å². The van der Waals surface area contributed by atoms with Crippen LogP contribution in [0.15, 0.2) is 54.6 Å². The van der Waals surface area contributed by atoms with E-state index in [4.69, 9.17) is 4.74 Å². The highest BCUT2D eigenvalue weighted by Gasteiger charge is 2.48. The number of ether oxygens (including phenoxy) is 1. The molecular weight excluding hydrogens is 426 g/mol. The van der Waals surface area contributed by atoms with Crippen molar-refractivity contribution in [3.63, 3.8) is 0 Å². The minimum Gasteiger partial charge on any atom is -0.497 e. The summed E-state index contributed by atoms with van der Waals surface area (Å²) in [7, 11) is 1.64. The molecule has 1 saturated carbocycles. The molecule has 178 valence electrons. The van der Waals surface area contributed by atoms with Crippen molar-refractivity contribution in [2.45, 2.75) is 63.6 Å². The lowest BCUT2D eigenvalue weighted by Crippen LogP contribution is -2.65. The number of rotatable bonds is 6. The van der Waals surface area contributed by atoms with Crippen molar-refractivity contribution in [3.05, 3.63) is 65.9 Å². The number of fused-ring (bicyclic) bond motifs is 3. The minimum absolute atomic E-state index is 0.0591. The summed E-state index contributed by atoms with van der Waals surface area (Å²) < 4.78 is 7.43. The Morgan fingerprint density at radius 1 is 1.09 bits per heavy atom. The molecule has 1 aromatic heterocycles. The average molecular weight is 460 g/mol. The second-order valence-electron chi connectivity index (χ2n) is 9.82. The molecule has 6 heteroatoms. The van der Waals surface area contributed by atoms with E-state index < -0.39 is 5.54 Å². The van der Waals surface area contributed by atoms with Crippen LogP contribution in [0.5, 0.6) is 5.75 Å². The molecule has 2 amide bonds. The zero-order valence-electron chi connectivity index (χ0n) is 20.0. The Kier molecular flexibility index (Phi) is 6.07. The third-order valence-corrected chi connectivity index (χ3v) is 7.53. The van der Waals surface area contributed by atoms with Gasteiger partial charge in [-0.05, 0) is 49.9 Å². The van der Waals surface area contributed by atoms with Gasteiger partial charge in [0.2, 0.25) is 5.91 Å². The molecule has 1 atom stereocenters. The molecule has 5 rings (SSSR count). The van der Waals surface area contributed by atoms with Gasteiger partial charge in [-0.15, -0.1) is 0 Å². The number of carbonyl (C=O) groups is 2. The lowest BCUT2D eigenvalue weighted by atomic mass is 9.91. The monoisotopic (exact) mass is 459 g/mol. The SMILES string of the molecule is COc1ccc2cc3n(c2c1)C[C@@](C)(C(=O)NC1CCCCC1)N(CCc1ccccc1)C3=O. The first kappa shape index (κ1) is 22.5. The maximum Gasteiger partial charge on any atom is 0.271 e. The van der Waals surface area contributed by atoms with Crippen LogP contribution in [-0.4, -0.2) is 46.5 Å². The van der Waals surface area contributed by atoms with Gasteiger partial charge in [0.25, 0.3) is 5.91 Å². The number of hydrogen-bond donors (Lipinski definition) is 1. The van der Waals surface area contributed by atoms with Crippen LogP contribution in [0.25, 0.3) is 10.9 Å². The number of methoxy groups -OCH3 is 1. The number of hydrogen-bond acceptors (Lipinski definition) is 3. The van der Waals surface area contributed by atoms with Crippen molar-refractivity contribution in [2.75, 3.05) is 13.7 Å². The summed E-state index contributed by atoms with van der Waals surface area (Å²) in [6, 6.07) is 18.1. The first-order chi connectivity index (χ1) is 16.5. The second-order valence-corrected chi connectivity index (χ2v) is 9.82. The van der Waals surface area contributed by atoms with E-state index in [9.17, 15) is 9.59 Å². The highest BCUT2D eigenvalue weighted by Crippen LogP contribution is 2.34.